The third kappa shape index (κ3) is 5.54. The molecule has 5 aromatic carbocycles. The van der Waals surface area contributed by atoms with E-state index in [1.807, 2.05) is 127 Å². The standard InChI is InChI=1S/C37H24FN5/c38-31-22-21-29(33-24-32(25-13-5-1-6-14-25)39-34(40-33)26-15-7-2-8-16-26)23-30(31)37-42-35(27-17-9-3-10-18-27)41-36(43-37)28-19-11-4-12-20-28/h1-24H. The van der Waals surface area contributed by atoms with E-state index < -0.39 is 5.82 Å². The van der Waals surface area contributed by atoms with E-state index in [2.05, 4.69) is 0 Å². The van der Waals surface area contributed by atoms with Gasteiger partial charge in [-0.15, -0.1) is 0 Å². The number of halogens is 1. The van der Waals surface area contributed by atoms with Gasteiger partial charge in [0.2, 0.25) is 0 Å². The van der Waals surface area contributed by atoms with Gasteiger partial charge in [0.1, 0.15) is 5.82 Å². The van der Waals surface area contributed by atoms with Crippen LogP contribution in [0.25, 0.3) is 68.1 Å². The van der Waals surface area contributed by atoms with Gasteiger partial charge < -0.3 is 0 Å². The molecule has 0 radical (unpaired) electrons. The van der Waals surface area contributed by atoms with Crippen molar-refractivity contribution in [3.05, 3.63) is 151 Å². The summed E-state index contributed by atoms with van der Waals surface area (Å²) in [5.74, 6) is 1.32. The minimum absolute atomic E-state index is 0.243. The molecule has 0 unspecified atom stereocenters. The monoisotopic (exact) mass is 557 g/mol. The third-order valence-corrected chi connectivity index (χ3v) is 7.03. The average molecular weight is 558 g/mol. The Bertz CT molecular complexity index is 1900. The quantitative estimate of drug-likeness (QED) is 0.204. The molecule has 7 aromatic rings. The van der Waals surface area contributed by atoms with Crippen LogP contribution < -0.4 is 0 Å². The van der Waals surface area contributed by atoms with Gasteiger partial charge in [-0.05, 0) is 24.3 Å². The maximum absolute atomic E-state index is 15.6. The van der Waals surface area contributed by atoms with E-state index in [1.165, 1.54) is 6.07 Å². The predicted octanol–water partition coefficient (Wildman–Crippen LogP) is 8.80. The number of aromatic nitrogens is 5. The molecule has 6 heteroatoms. The van der Waals surface area contributed by atoms with Crippen molar-refractivity contribution in [2.24, 2.45) is 0 Å². The number of benzene rings is 5. The van der Waals surface area contributed by atoms with Crippen molar-refractivity contribution in [3.8, 4) is 68.1 Å². The van der Waals surface area contributed by atoms with Crippen LogP contribution in [-0.4, -0.2) is 24.9 Å². The Kier molecular flexibility index (Phi) is 6.99. The summed E-state index contributed by atoms with van der Waals surface area (Å²) in [4.78, 5) is 24.0. The molecule has 0 spiro atoms. The van der Waals surface area contributed by atoms with E-state index >= 15 is 4.39 Å². The van der Waals surface area contributed by atoms with E-state index in [4.69, 9.17) is 24.9 Å². The van der Waals surface area contributed by atoms with Crippen molar-refractivity contribution < 1.29 is 4.39 Å². The van der Waals surface area contributed by atoms with Crippen LogP contribution in [0.2, 0.25) is 0 Å². The van der Waals surface area contributed by atoms with Gasteiger partial charge in [-0.25, -0.2) is 29.3 Å². The maximum atomic E-state index is 15.6. The van der Waals surface area contributed by atoms with Gasteiger partial charge in [-0.1, -0.05) is 121 Å². The van der Waals surface area contributed by atoms with Crippen molar-refractivity contribution in [1.82, 2.24) is 24.9 Å². The zero-order valence-corrected chi connectivity index (χ0v) is 23.0. The van der Waals surface area contributed by atoms with Crippen LogP contribution in [0.3, 0.4) is 0 Å². The fraction of sp³-hybridized carbons (Fsp3) is 0. The van der Waals surface area contributed by atoms with Crippen LogP contribution in [0, 0.1) is 5.82 Å². The summed E-state index contributed by atoms with van der Waals surface area (Å²) in [6, 6.07) is 45.9. The molecule has 0 aliphatic rings. The lowest BCUT2D eigenvalue weighted by Gasteiger charge is -2.12. The van der Waals surface area contributed by atoms with Crippen molar-refractivity contribution in [2.75, 3.05) is 0 Å². The normalized spacial score (nSPS) is 10.9. The highest BCUT2D eigenvalue weighted by atomic mass is 19.1. The second kappa shape index (κ2) is 11.5. The van der Waals surface area contributed by atoms with Gasteiger partial charge in [0.25, 0.3) is 0 Å². The first-order valence-electron chi connectivity index (χ1n) is 13.9. The molecule has 0 saturated carbocycles. The van der Waals surface area contributed by atoms with Crippen LogP contribution in [0.4, 0.5) is 4.39 Å². The molecular weight excluding hydrogens is 533 g/mol. The van der Waals surface area contributed by atoms with Crippen LogP contribution in [0.15, 0.2) is 146 Å². The SMILES string of the molecule is Fc1ccc(-c2cc(-c3ccccc3)nc(-c3ccccc3)n2)cc1-c1nc(-c2ccccc2)nc(-c2ccccc2)n1. The number of hydrogen-bond donors (Lipinski definition) is 0. The first kappa shape index (κ1) is 26.0. The fourth-order valence-electron chi connectivity index (χ4n) is 4.85. The molecule has 0 bridgehead atoms. The van der Waals surface area contributed by atoms with Crippen LogP contribution >= 0.6 is 0 Å². The van der Waals surface area contributed by atoms with E-state index in [1.54, 1.807) is 12.1 Å². The first-order chi connectivity index (χ1) is 21.2. The Balaban J connectivity index is 1.40. The highest BCUT2D eigenvalue weighted by Crippen LogP contribution is 2.32. The Hall–Kier alpha value is -5.88. The predicted molar refractivity (Wildman–Crippen MR) is 168 cm³/mol. The van der Waals surface area contributed by atoms with Crippen LogP contribution in [-0.2, 0) is 0 Å². The molecule has 0 N–H and O–H groups in total. The number of nitrogens with zero attached hydrogens (tertiary/aromatic N) is 5. The molecule has 5 nitrogen and oxygen atoms in total. The summed E-state index contributed by atoms with van der Waals surface area (Å²) in [6.07, 6.45) is 0. The maximum Gasteiger partial charge on any atom is 0.167 e. The minimum atomic E-state index is -0.436. The van der Waals surface area contributed by atoms with Gasteiger partial charge in [0, 0.05) is 27.8 Å². The summed E-state index contributed by atoms with van der Waals surface area (Å²) < 4.78 is 15.6. The second-order valence-electron chi connectivity index (χ2n) is 9.93. The zero-order valence-electron chi connectivity index (χ0n) is 23.0. The fourth-order valence-corrected chi connectivity index (χ4v) is 4.85. The van der Waals surface area contributed by atoms with Crippen LogP contribution in [0.1, 0.15) is 0 Å². The molecule has 204 valence electrons. The Morgan fingerprint density at radius 1 is 0.326 bits per heavy atom. The highest BCUT2D eigenvalue weighted by molar-refractivity contribution is 5.75. The lowest BCUT2D eigenvalue weighted by Crippen LogP contribution is -2.02. The molecule has 0 fully saturated rings. The summed E-state index contributed by atoms with van der Waals surface area (Å²) >= 11 is 0. The smallest absolute Gasteiger partial charge is 0.167 e. The molecule has 0 amide bonds. The van der Waals surface area contributed by atoms with Crippen molar-refractivity contribution >= 4 is 0 Å². The molecule has 2 heterocycles. The van der Waals surface area contributed by atoms with E-state index in [9.17, 15) is 0 Å². The average Bonchev–Trinajstić information content (AvgIpc) is 3.09. The lowest BCUT2D eigenvalue weighted by molar-refractivity contribution is 0.630. The van der Waals surface area contributed by atoms with Gasteiger partial charge >= 0.3 is 0 Å². The molecule has 0 aliphatic heterocycles. The second-order valence-corrected chi connectivity index (χ2v) is 9.93. The molecular formula is C37H24FN5. The van der Waals surface area contributed by atoms with E-state index in [-0.39, 0.29) is 11.4 Å². The summed E-state index contributed by atoms with van der Waals surface area (Å²) in [5, 5.41) is 0. The Morgan fingerprint density at radius 3 is 1.21 bits per heavy atom. The van der Waals surface area contributed by atoms with Crippen molar-refractivity contribution in [3.63, 3.8) is 0 Å². The van der Waals surface area contributed by atoms with Crippen LogP contribution in [0.5, 0.6) is 0 Å². The molecule has 0 atom stereocenters. The summed E-state index contributed by atoms with van der Waals surface area (Å²) in [6.45, 7) is 0. The van der Waals surface area contributed by atoms with Gasteiger partial charge in [0.05, 0.1) is 17.0 Å². The number of hydrogen-bond acceptors (Lipinski definition) is 5. The van der Waals surface area contributed by atoms with Crippen molar-refractivity contribution in [1.29, 1.82) is 0 Å². The Labute approximate surface area is 248 Å². The lowest BCUT2D eigenvalue weighted by atomic mass is 10.0. The largest absolute Gasteiger partial charge is 0.228 e. The minimum Gasteiger partial charge on any atom is -0.228 e. The van der Waals surface area contributed by atoms with E-state index in [0.29, 0.717) is 23.2 Å². The summed E-state index contributed by atoms with van der Waals surface area (Å²) in [5.41, 5.74) is 5.89. The Morgan fingerprint density at radius 2 is 0.721 bits per heavy atom. The first-order valence-corrected chi connectivity index (χ1v) is 13.9. The third-order valence-electron chi connectivity index (χ3n) is 7.03. The topological polar surface area (TPSA) is 64.5 Å². The molecule has 43 heavy (non-hydrogen) atoms. The summed E-state index contributed by atoms with van der Waals surface area (Å²) in [7, 11) is 0. The van der Waals surface area contributed by atoms with Gasteiger partial charge in [-0.3, -0.25) is 0 Å². The molecule has 0 saturated heterocycles. The molecule has 0 aliphatic carbocycles. The zero-order chi connectivity index (χ0) is 29.0. The van der Waals surface area contributed by atoms with Gasteiger partial charge in [0.15, 0.2) is 23.3 Å². The van der Waals surface area contributed by atoms with Gasteiger partial charge in [-0.2, -0.15) is 0 Å². The number of rotatable bonds is 6. The van der Waals surface area contributed by atoms with Crippen molar-refractivity contribution in [2.45, 2.75) is 0 Å². The highest BCUT2D eigenvalue weighted by Gasteiger charge is 2.17. The molecule has 7 rings (SSSR count). The van der Waals surface area contributed by atoms with E-state index in [0.717, 1.165) is 33.5 Å². The molecule has 2 aromatic heterocycles.